The van der Waals surface area contributed by atoms with Crippen LogP contribution >= 0.6 is 0 Å². The summed E-state index contributed by atoms with van der Waals surface area (Å²) in [6, 6.07) is 16.5. The minimum atomic E-state index is -0.760. The fraction of sp³-hybridized carbons (Fsp3) is 0.167. The van der Waals surface area contributed by atoms with E-state index < -0.39 is 5.97 Å². The maximum absolute atomic E-state index is 10.8. The molecular formula is C18H17NO2. The number of carboxylic acid groups (broad SMARTS) is 1. The second kappa shape index (κ2) is 5.44. The molecule has 0 saturated heterocycles. The van der Waals surface area contributed by atoms with Crippen molar-refractivity contribution in [3.63, 3.8) is 0 Å². The van der Waals surface area contributed by atoms with E-state index in [4.69, 9.17) is 5.11 Å². The number of carbonyl (C=O) groups is 1. The Morgan fingerprint density at radius 3 is 2.57 bits per heavy atom. The molecule has 21 heavy (non-hydrogen) atoms. The van der Waals surface area contributed by atoms with E-state index in [9.17, 15) is 4.79 Å². The lowest BCUT2D eigenvalue weighted by Crippen LogP contribution is -1.97. The van der Waals surface area contributed by atoms with E-state index in [1.54, 1.807) is 0 Å². The number of nitrogens with one attached hydrogen (secondary N) is 1. The fourth-order valence-corrected chi connectivity index (χ4v) is 2.75. The summed E-state index contributed by atoms with van der Waals surface area (Å²) < 4.78 is 0. The molecule has 0 aliphatic heterocycles. The zero-order chi connectivity index (χ0) is 14.8. The van der Waals surface area contributed by atoms with Crippen molar-refractivity contribution in [3.8, 4) is 11.1 Å². The largest absolute Gasteiger partial charge is 0.481 e. The Balaban J connectivity index is 2.02. The molecule has 0 aliphatic carbocycles. The molecule has 1 aromatic heterocycles. The van der Waals surface area contributed by atoms with Gasteiger partial charge in [-0.15, -0.1) is 0 Å². The molecule has 0 bridgehead atoms. The van der Waals surface area contributed by atoms with Gasteiger partial charge in [0.2, 0.25) is 0 Å². The van der Waals surface area contributed by atoms with Gasteiger partial charge in [0.15, 0.2) is 0 Å². The average Bonchev–Trinajstić information content (AvgIpc) is 2.80. The highest BCUT2D eigenvalue weighted by Gasteiger charge is 2.10. The lowest BCUT2D eigenvalue weighted by molar-refractivity contribution is -0.136. The highest BCUT2D eigenvalue weighted by atomic mass is 16.4. The van der Waals surface area contributed by atoms with E-state index in [0.29, 0.717) is 6.42 Å². The van der Waals surface area contributed by atoms with Gasteiger partial charge in [-0.05, 0) is 36.1 Å². The van der Waals surface area contributed by atoms with E-state index >= 15 is 0 Å². The molecule has 2 N–H and O–H groups in total. The molecule has 0 atom stereocenters. The predicted molar refractivity (Wildman–Crippen MR) is 84.4 cm³/mol. The molecule has 0 aliphatic rings. The number of fused-ring (bicyclic) bond motifs is 1. The fourth-order valence-electron chi connectivity index (χ4n) is 2.75. The van der Waals surface area contributed by atoms with Crippen molar-refractivity contribution in [1.82, 2.24) is 4.98 Å². The molecule has 0 spiro atoms. The number of benzene rings is 2. The Hall–Kier alpha value is -2.55. The molecular weight excluding hydrogens is 262 g/mol. The summed E-state index contributed by atoms with van der Waals surface area (Å²) in [6.07, 6.45) is 0.722. The van der Waals surface area contributed by atoms with Crippen LogP contribution < -0.4 is 0 Å². The predicted octanol–water partition coefficient (Wildman–Crippen LogP) is 4.16. The molecule has 0 amide bonds. The number of hydrogen-bond donors (Lipinski definition) is 2. The maximum atomic E-state index is 10.8. The highest BCUT2D eigenvalue weighted by molar-refractivity contribution is 5.89. The number of H-pyrrole nitrogens is 1. The van der Waals surface area contributed by atoms with Crippen LogP contribution in [0.15, 0.2) is 48.5 Å². The Kier molecular flexibility index (Phi) is 3.48. The monoisotopic (exact) mass is 279 g/mol. The Morgan fingerprint density at radius 1 is 1.10 bits per heavy atom. The van der Waals surface area contributed by atoms with Gasteiger partial charge in [-0.25, -0.2) is 0 Å². The topological polar surface area (TPSA) is 53.1 Å². The number of hydrogen-bond acceptors (Lipinski definition) is 1. The van der Waals surface area contributed by atoms with Crippen molar-refractivity contribution in [3.05, 3.63) is 59.8 Å². The van der Waals surface area contributed by atoms with E-state index in [-0.39, 0.29) is 6.42 Å². The zero-order valence-electron chi connectivity index (χ0n) is 11.9. The minimum absolute atomic E-state index is 0.161. The van der Waals surface area contributed by atoms with Gasteiger partial charge in [0.25, 0.3) is 0 Å². The molecule has 0 unspecified atom stereocenters. The van der Waals surface area contributed by atoms with Crippen molar-refractivity contribution in [1.29, 1.82) is 0 Å². The molecule has 3 rings (SSSR count). The second-order valence-corrected chi connectivity index (χ2v) is 5.25. The standard InChI is InChI=1S/C18H17NO2/c1-12-15(9-10-18(20)21)16-8-7-14(11-17(16)19-12)13-5-3-2-4-6-13/h2-8,11,19H,9-10H2,1H3,(H,20,21). The average molecular weight is 279 g/mol. The third-order valence-electron chi connectivity index (χ3n) is 3.82. The van der Waals surface area contributed by atoms with Gasteiger partial charge in [-0.1, -0.05) is 42.5 Å². The smallest absolute Gasteiger partial charge is 0.303 e. The summed E-state index contributed by atoms with van der Waals surface area (Å²) in [6.45, 7) is 2.00. The second-order valence-electron chi connectivity index (χ2n) is 5.25. The molecule has 3 heteroatoms. The molecule has 0 radical (unpaired) electrons. The highest BCUT2D eigenvalue weighted by Crippen LogP contribution is 2.28. The van der Waals surface area contributed by atoms with Crippen LogP contribution in [0, 0.1) is 6.92 Å². The van der Waals surface area contributed by atoms with Gasteiger partial charge in [0.05, 0.1) is 0 Å². The first kappa shape index (κ1) is 13.4. The van der Waals surface area contributed by atoms with Crippen LogP contribution in [0.1, 0.15) is 17.7 Å². The number of carboxylic acids is 1. The van der Waals surface area contributed by atoms with Gasteiger partial charge in [0, 0.05) is 23.0 Å². The number of aliphatic carboxylic acids is 1. The zero-order valence-corrected chi connectivity index (χ0v) is 11.9. The SMILES string of the molecule is Cc1[nH]c2cc(-c3ccccc3)ccc2c1CCC(=O)O. The van der Waals surface area contributed by atoms with Crippen LogP contribution in [-0.2, 0) is 11.2 Å². The van der Waals surface area contributed by atoms with Crippen molar-refractivity contribution < 1.29 is 9.90 Å². The number of aromatic nitrogens is 1. The van der Waals surface area contributed by atoms with Crippen molar-refractivity contribution in [2.45, 2.75) is 19.8 Å². The summed E-state index contributed by atoms with van der Waals surface area (Å²) in [4.78, 5) is 14.1. The van der Waals surface area contributed by atoms with E-state index in [2.05, 4.69) is 35.3 Å². The number of aryl methyl sites for hydroxylation is 2. The van der Waals surface area contributed by atoms with Crippen LogP contribution in [0.2, 0.25) is 0 Å². The van der Waals surface area contributed by atoms with E-state index in [0.717, 1.165) is 27.7 Å². The van der Waals surface area contributed by atoms with Gasteiger partial charge < -0.3 is 10.1 Å². The Bertz CT molecular complexity index is 788. The van der Waals surface area contributed by atoms with E-state index in [1.165, 1.54) is 5.56 Å². The molecule has 3 nitrogen and oxygen atoms in total. The van der Waals surface area contributed by atoms with Gasteiger partial charge in [-0.2, -0.15) is 0 Å². The number of rotatable bonds is 4. The normalized spacial score (nSPS) is 10.9. The van der Waals surface area contributed by atoms with Crippen molar-refractivity contribution >= 4 is 16.9 Å². The summed E-state index contributed by atoms with van der Waals surface area (Å²) in [5.74, 6) is -0.760. The minimum Gasteiger partial charge on any atom is -0.481 e. The molecule has 106 valence electrons. The quantitative estimate of drug-likeness (QED) is 0.753. The van der Waals surface area contributed by atoms with Crippen LogP contribution in [0.25, 0.3) is 22.0 Å². The molecule has 3 aromatic rings. The first-order chi connectivity index (χ1) is 10.1. The van der Waals surface area contributed by atoms with Crippen LogP contribution in [0.4, 0.5) is 0 Å². The van der Waals surface area contributed by atoms with E-state index in [1.807, 2.05) is 25.1 Å². The Labute approximate surface area is 123 Å². The maximum Gasteiger partial charge on any atom is 0.303 e. The van der Waals surface area contributed by atoms with Crippen LogP contribution in [0.3, 0.4) is 0 Å². The summed E-state index contributed by atoms with van der Waals surface area (Å²) in [5.41, 5.74) is 5.56. The van der Waals surface area contributed by atoms with Crippen molar-refractivity contribution in [2.24, 2.45) is 0 Å². The third-order valence-corrected chi connectivity index (χ3v) is 3.82. The Morgan fingerprint density at radius 2 is 1.86 bits per heavy atom. The lowest BCUT2D eigenvalue weighted by Gasteiger charge is -2.02. The summed E-state index contributed by atoms with van der Waals surface area (Å²) >= 11 is 0. The molecule has 2 aromatic carbocycles. The van der Waals surface area contributed by atoms with Crippen LogP contribution in [0.5, 0.6) is 0 Å². The van der Waals surface area contributed by atoms with Gasteiger partial charge in [-0.3, -0.25) is 4.79 Å². The van der Waals surface area contributed by atoms with Gasteiger partial charge >= 0.3 is 5.97 Å². The first-order valence-electron chi connectivity index (χ1n) is 7.03. The van der Waals surface area contributed by atoms with Gasteiger partial charge in [0.1, 0.15) is 0 Å². The molecule has 0 fully saturated rings. The number of aromatic amines is 1. The molecule has 1 heterocycles. The van der Waals surface area contributed by atoms with Crippen molar-refractivity contribution in [2.75, 3.05) is 0 Å². The summed E-state index contributed by atoms with van der Waals surface area (Å²) in [5, 5.41) is 9.98. The lowest BCUT2D eigenvalue weighted by atomic mass is 10.0. The molecule has 0 saturated carbocycles. The van der Waals surface area contributed by atoms with Crippen LogP contribution in [-0.4, -0.2) is 16.1 Å². The third kappa shape index (κ3) is 2.68. The first-order valence-corrected chi connectivity index (χ1v) is 7.03. The summed E-state index contributed by atoms with van der Waals surface area (Å²) in [7, 11) is 0.